The second-order valence-electron chi connectivity index (χ2n) is 4.84. The van der Waals surface area contributed by atoms with Gasteiger partial charge in [-0.1, -0.05) is 6.92 Å². The first-order valence-corrected chi connectivity index (χ1v) is 8.09. The van der Waals surface area contributed by atoms with E-state index in [2.05, 4.69) is 11.9 Å². The molecule has 0 spiro atoms. The number of hydrogen-bond donors (Lipinski definition) is 1. The van der Waals surface area contributed by atoms with E-state index >= 15 is 0 Å². The first-order valence-electron chi connectivity index (χ1n) is 6.86. The van der Waals surface area contributed by atoms with Crippen LogP contribution in [0.2, 0.25) is 0 Å². The van der Waals surface area contributed by atoms with Crippen LogP contribution in [0.1, 0.15) is 30.2 Å². The van der Waals surface area contributed by atoms with E-state index < -0.39 is 0 Å². The molecule has 4 nitrogen and oxygen atoms in total. The van der Waals surface area contributed by atoms with Crippen molar-refractivity contribution in [2.45, 2.75) is 40.2 Å². The van der Waals surface area contributed by atoms with Gasteiger partial charge in [-0.25, -0.2) is 0 Å². The molecule has 2 rings (SSSR count). The van der Waals surface area contributed by atoms with E-state index in [4.69, 9.17) is 17.0 Å². The fraction of sp³-hybridized carbons (Fsp3) is 0.571. The summed E-state index contributed by atoms with van der Waals surface area (Å²) in [6.45, 7) is 8.12. The van der Waals surface area contributed by atoms with Crippen molar-refractivity contribution < 1.29 is 4.74 Å². The topological polar surface area (TPSA) is 47.0 Å². The summed E-state index contributed by atoms with van der Waals surface area (Å²) < 4.78 is 7.59. The summed E-state index contributed by atoms with van der Waals surface area (Å²) in [5.41, 5.74) is 1.07. The number of aromatic nitrogens is 2. The van der Waals surface area contributed by atoms with E-state index in [1.807, 2.05) is 13.8 Å². The minimum atomic E-state index is 0.0149. The summed E-state index contributed by atoms with van der Waals surface area (Å²) in [4.78, 5) is 17.8. The summed E-state index contributed by atoms with van der Waals surface area (Å²) in [5, 5.41) is 0.774. The van der Waals surface area contributed by atoms with Gasteiger partial charge in [0.05, 0.1) is 5.39 Å². The van der Waals surface area contributed by atoms with Crippen LogP contribution in [0, 0.1) is 18.6 Å². The molecular formula is C14H20N2O2S2. The zero-order valence-electron chi connectivity index (χ0n) is 12.1. The summed E-state index contributed by atoms with van der Waals surface area (Å²) in [5.74, 6) is 0. The molecule has 0 amide bonds. The number of ether oxygens (including phenoxy) is 1. The zero-order valence-corrected chi connectivity index (χ0v) is 13.7. The van der Waals surface area contributed by atoms with Gasteiger partial charge in [-0.15, -0.1) is 11.3 Å². The van der Waals surface area contributed by atoms with Crippen molar-refractivity contribution in [1.29, 1.82) is 0 Å². The number of thiophene rings is 1. The largest absolute Gasteiger partial charge is 0.381 e. The number of H-pyrrole nitrogens is 1. The van der Waals surface area contributed by atoms with Crippen LogP contribution in [0.3, 0.4) is 0 Å². The van der Waals surface area contributed by atoms with Crippen LogP contribution >= 0.6 is 23.6 Å². The smallest absolute Gasteiger partial charge is 0.263 e. The molecule has 110 valence electrons. The molecule has 20 heavy (non-hydrogen) atoms. The lowest BCUT2D eigenvalue weighted by Gasteiger charge is -2.07. The van der Waals surface area contributed by atoms with E-state index in [0.29, 0.717) is 17.9 Å². The molecule has 0 aromatic carbocycles. The highest BCUT2D eigenvalue weighted by Crippen LogP contribution is 2.25. The van der Waals surface area contributed by atoms with Crippen LogP contribution in [0.15, 0.2) is 4.79 Å². The third-order valence-corrected chi connectivity index (χ3v) is 4.77. The molecule has 0 aliphatic heterocycles. The minimum Gasteiger partial charge on any atom is -0.381 e. The summed E-state index contributed by atoms with van der Waals surface area (Å²) >= 11 is 6.88. The monoisotopic (exact) mass is 312 g/mol. The Balaban J connectivity index is 2.27. The average Bonchev–Trinajstić information content (AvgIpc) is 2.68. The van der Waals surface area contributed by atoms with Gasteiger partial charge in [0.1, 0.15) is 4.83 Å². The molecule has 0 atom stereocenters. The quantitative estimate of drug-likeness (QED) is 0.655. The van der Waals surface area contributed by atoms with Crippen molar-refractivity contribution in [2.24, 2.45) is 0 Å². The van der Waals surface area contributed by atoms with Gasteiger partial charge in [-0.3, -0.25) is 9.36 Å². The second-order valence-corrected chi connectivity index (χ2v) is 6.45. The number of nitrogens with one attached hydrogen (secondary N) is 1. The molecule has 0 saturated carbocycles. The van der Waals surface area contributed by atoms with Gasteiger partial charge in [-0.05, 0) is 44.5 Å². The average molecular weight is 312 g/mol. The SMILES string of the molecule is CCCOCCCn1c(=S)[nH]c2sc(C)c(C)c2c1=O. The lowest BCUT2D eigenvalue weighted by atomic mass is 10.2. The van der Waals surface area contributed by atoms with E-state index in [-0.39, 0.29) is 5.56 Å². The van der Waals surface area contributed by atoms with Crippen molar-refractivity contribution in [3.8, 4) is 0 Å². The van der Waals surface area contributed by atoms with Gasteiger partial charge in [0.15, 0.2) is 4.77 Å². The standard InChI is InChI=1S/C14H20N2O2S2/c1-4-7-18-8-5-6-16-13(17)11-9(2)10(3)20-12(11)15-14(16)19/h4-8H2,1-3H3,(H,15,19). The van der Waals surface area contributed by atoms with Crippen LogP contribution in [-0.4, -0.2) is 22.8 Å². The van der Waals surface area contributed by atoms with Gasteiger partial charge in [-0.2, -0.15) is 0 Å². The number of nitrogens with zero attached hydrogens (tertiary/aromatic N) is 1. The fourth-order valence-electron chi connectivity index (χ4n) is 2.14. The number of hydrogen-bond acceptors (Lipinski definition) is 4. The van der Waals surface area contributed by atoms with Crippen molar-refractivity contribution in [2.75, 3.05) is 13.2 Å². The zero-order chi connectivity index (χ0) is 14.7. The molecule has 0 fully saturated rings. The Labute approximate surface area is 127 Å². The fourth-order valence-corrected chi connectivity index (χ4v) is 3.53. The highest BCUT2D eigenvalue weighted by Gasteiger charge is 2.12. The van der Waals surface area contributed by atoms with Gasteiger partial charge in [0.2, 0.25) is 0 Å². The van der Waals surface area contributed by atoms with Crippen LogP contribution in [0.5, 0.6) is 0 Å². The number of fused-ring (bicyclic) bond motifs is 1. The number of rotatable bonds is 6. The maximum absolute atomic E-state index is 12.5. The predicted octanol–water partition coefficient (Wildman–Crippen LogP) is 3.55. The molecule has 6 heteroatoms. The maximum atomic E-state index is 12.5. The predicted molar refractivity (Wildman–Crippen MR) is 86.5 cm³/mol. The molecule has 1 N–H and O–H groups in total. The number of aryl methyl sites for hydroxylation is 2. The highest BCUT2D eigenvalue weighted by atomic mass is 32.1. The molecular weight excluding hydrogens is 292 g/mol. The van der Waals surface area contributed by atoms with E-state index in [9.17, 15) is 4.79 Å². The normalized spacial score (nSPS) is 11.3. The number of aromatic amines is 1. The third-order valence-electron chi connectivity index (χ3n) is 3.33. The van der Waals surface area contributed by atoms with Crippen molar-refractivity contribution >= 4 is 33.8 Å². The molecule has 2 heterocycles. The molecule has 0 radical (unpaired) electrons. The third kappa shape index (κ3) is 3.02. The minimum absolute atomic E-state index is 0.0149. The van der Waals surface area contributed by atoms with Crippen LogP contribution in [0.4, 0.5) is 0 Å². The van der Waals surface area contributed by atoms with Gasteiger partial charge >= 0.3 is 0 Å². The van der Waals surface area contributed by atoms with Gasteiger partial charge in [0.25, 0.3) is 5.56 Å². The Morgan fingerprint density at radius 3 is 2.80 bits per heavy atom. The Morgan fingerprint density at radius 1 is 1.35 bits per heavy atom. The van der Waals surface area contributed by atoms with Gasteiger partial charge < -0.3 is 9.72 Å². The Hall–Kier alpha value is -0.980. The second kappa shape index (κ2) is 6.65. The Morgan fingerprint density at radius 2 is 2.10 bits per heavy atom. The highest BCUT2D eigenvalue weighted by molar-refractivity contribution is 7.71. The van der Waals surface area contributed by atoms with Gasteiger partial charge in [0, 0.05) is 24.6 Å². The molecule has 0 unspecified atom stereocenters. The molecule has 0 saturated heterocycles. The Bertz CT molecular complexity index is 712. The maximum Gasteiger partial charge on any atom is 0.263 e. The van der Waals surface area contributed by atoms with Crippen LogP contribution in [-0.2, 0) is 11.3 Å². The lowest BCUT2D eigenvalue weighted by molar-refractivity contribution is 0.129. The molecule has 0 aliphatic rings. The van der Waals surface area contributed by atoms with Crippen molar-refractivity contribution in [1.82, 2.24) is 9.55 Å². The first-order chi connectivity index (χ1) is 9.56. The molecule has 2 aromatic heterocycles. The first kappa shape index (κ1) is 15.4. The lowest BCUT2D eigenvalue weighted by Crippen LogP contribution is -2.22. The van der Waals surface area contributed by atoms with Crippen LogP contribution < -0.4 is 5.56 Å². The van der Waals surface area contributed by atoms with E-state index in [1.54, 1.807) is 15.9 Å². The van der Waals surface area contributed by atoms with Crippen LogP contribution in [0.25, 0.3) is 10.2 Å². The molecule has 2 aromatic rings. The van der Waals surface area contributed by atoms with E-state index in [0.717, 1.165) is 40.1 Å². The Kier molecular flexibility index (Phi) is 5.12. The van der Waals surface area contributed by atoms with E-state index in [1.165, 1.54) is 0 Å². The van der Waals surface area contributed by atoms with Crippen molar-refractivity contribution in [3.63, 3.8) is 0 Å². The molecule has 0 bridgehead atoms. The summed E-state index contributed by atoms with van der Waals surface area (Å²) in [7, 11) is 0. The summed E-state index contributed by atoms with van der Waals surface area (Å²) in [6, 6.07) is 0. The summed E-state index contributed by atoms with van der Waals surface area (Å²) in [6.07, 6.45) is 1.81. The van der Waals surface area contributed by atoms with Crippen molar-refractivity contribution in [3.05, 3.63) is 25.6 Å². The molecule has 0 aliphatic carbocycles.